The smallest absolute Gasteiger partial charge is 0.220 e. The van der Waals surface area contributed by atoms with Gasteiger partial charge in [-0.05, 0) is 25.1 Å². The maximum absolute atomic E-state index is 11.3. The molecule has 0 aromatic heterocycles. The van der Waals surface area contributed by atoms with E-state index in [0.29, 0.717) is 35.2 Å². The maximum Gasteiger partial charge on any atom is 0.220 e. The fourth-order valence-electron chi connectivity index (χ4n) is 1.42. The fraction of sp³-hybridized carbons (Fsp3) is 0.462. The number of amides is 1. The molecule has 7 heteroatoms. The lowest BCUT2D eigenvalue weighted by Crippen LogP contribution is -2.35. The normalized spacial score (nSPS) is 12.0. The number of aliphatic hydroxyl groups is 1. The molecule has 4 N–H and O–H groups in total. The Hall–Kier alpha value is -1.01. The van der Waals surface area contributed by atoms with Crippen LogP contribution in [-0.2, 0) is 4.79 Å². The number of hydrogen-bond donors (Lipinski definition) is 3. The van der Waals surface area contributed by atoms with E-state index in [-0.39, 0.29) is 19.1 Å². The summed E-state index contributed by atoms with van der Waals surface area (Å²) in [4.78, 5) is 11.3. The van der Waals surface area contributed by atoms with Gasteiger partial charge in [0.1, 0.15) is 23.5 Å². The molecule has 0 radical (unpaired) electrons. The van der Waals surface area contributed by atoms with Crippen molar-refractivity contribution in [3.63, 3.8) is 0 Å². The number of nitrogens with one attached hydrogen (secondary N) is 1. The molecule has 0 aliphatic rings. The van der Waals surface area contributed by atoms with Crippen molar-refractivity contribution in [2.75, 3.05) is 19.7 Å². The van der Waals surface area contributed by atoms with Crippen molar-refractivity contribution in [3.05, 3.63) is 28.2 Å². The number of carbonyl (C=O) groups is 1. The molecule has 112 valence electrons. The van der Waals surface area contributed by atoms with E-state index in [1.807, 2.05) is 0 Å². The molecule has 0 spiro atoms. The average Bonchev–Trinajstić information content (AvgIpc) is 2.44. The standard InChI is InChI=1S/C13H18Cl2N2O3/c14-10-3-1-4-11(13(10)15)20-8-9(18)7-17-12(19)5-2-6-16/h1,3-4,9,18H,2,5-8,16H2,(H,17,19). The molecular formula is C13H18Cl2N2O3. The monoisotopic (exact) mass is 320 g/mol. The van der Waals surface area contributed by atoms with Crippen LogP contribution < -0.4 is 15.8 Å². The topological polar surface area (TPSA) is 84.6 Å². The predicted molar refractivity (Wildman–Crippen MR) is 79.3 cm³/mol. The summed E-state index contributed by atoms with van der Waals surface area (Å²) in [5.41, 5.74) is 5.30. The highest BCUT2D eigenvalue weighted by Crippen LogP contribution is 2.31. The van der Waals surface area contributed by atoms with Gasteiger partial charge in [-0.15, -0.1) is 0 Å². The van der Waals surface area contributed by atoms with Crippen LogP contribution >= 0.6 is 23.2 Å². The Morgan fingerprint density at radius 3 is 2.90 bits per heavy atom. The first-order chi connectivity index (χ1) is 9.54. The molecular weight excluding hydrogens is 303 g/mol. The number of aliphatic hydroxyl groups excluding tert-OH is 1. The van der Waals surface area contributed by atoms with Crippen LogP contribution in [0.15, 0.2) is 18.2 Å². The Balaban J connectivity index is 2.31. The van der Waals surface area contributed by atoms with Crippen molar-refractivity contribution in [2.24, 2.45) is 5.73 Å². The van der Waals surface area contributed by atoms with Gasteiger partial charge in [-0.2, -0.15) is 0 Å². The van der Waals surface area contributed by atoms with E-state index in [4.69, 9.17) is 33.7 Å². The van der Waals surface area contributed by atoms with Crippen molar-refractivity contribution in [3.8, 4) is 5.75 Å². The predicted octanol–water partition coefficient (Wildman–Crippen LogP) is 1.59. The zero-order valence-electron chi connectivity index (χ0n) is 10.9. The van der Waals surface area contributed by atoms with Crippen LogP contribution in [0, 0.1) is 0 Å². The minimum Gasteiger partial charge on any atom is -0.489 e. The highest BCUT2D eigenvalue weighted by molar-refractivity contribution is 6.42. The molecule has 1 aromatic rings. The summed E-state index contributed by atoms with van der Waals surface area (Å²) in [6.45, 7) is 0.588. The first-order valence-corrected chi connectivity index (χ1v) is 7.01. The molecule has 0 aliphatic carbocycles. The number of hydrogen-bond acceptors (Lipinski definition) is 4. The van der Waals surface area contributed by atoms with Crippen molar-refractivity contribution in [1.82, 2.24) is 5.32 Å². The van der Waals surface area contributed by atoms with E-state index in [1.54, 1.807) is 18.2 Å². The van der Waals surface area contributed by atoms with Crippen LogP contribution in [-0.4, -0.2) is 36.8 Å². The molecule has 20 heavy (non-hydrogen) atoms. The van der Waals surface area contributed by atoms with E-state index >= 15 is 0 Å². The third kappa shape index (κ3) is 5.96. The summed E-state index contributed by atoms with van der Waals surface area (Å²) in [7, 11) is 0. The lowest BCUT2D eigenvalue weighted by Gasteiger charge is -2.14. The van der Waals surface area contributed by atoms with Gasteiger partial charge in [0.15, 0.2) is 0 Å². The van der Waals surface area contributed by atoms with Gasteiger partial charge in [0.05, 0.1) is 5.02 Å². The van der Waals surface area contributed by atoms with Crippen LogP contribution in [0.4, 0.5) is 0 Å². The maximum atomic E-state index is 11.3. The third-order valence-corrected chi connectivity index (χ3v) is 3.29. The Kier molecular flexibility index (Phi) is 7.69. The van der Waals surface area contributed by atoms with Crippen LogP contribution in [0.25, 0.3) is 0 Å². The largest absolute Gasteiger partial charge is 0.489 e. The molecule has 0 saturated carbocycles. The Labute approximate surface area is 128 Å². The van der Waals surface area contributed by atoms with Crippen molar-refractivity contribution in [1.29, 1.82) is 0 Å². The first kappa shape index (κ1) is 17.0. The quantitative estimate of drug-likeness (QED) is 0.679. The van der Waals surface area contributed by atoms with E-state index in [0.717, 1.165) is 0 Å². The zero-order chi connectivity index (χ0) is 15.0. The lowest BCUT2D eigenvalue weighted by atomic mass is 10.3. The summed E-state index contributed by atoms with van der Waals surface area (Å²) in [6, 6.07) is 5.00. The molecule has 0 bridgehead atoms. The van der Waals surface area contributed by atoms with Gasteiger partial charge in [0.25, 0.3) is 0 Å². The summed E-state index contributed by atoms with van der Waals surface area (Å²) in [5, 5.41) is 13.0. The van der Waals surface area contributed by atoms with Gasteiger partial charge < -0.3 is 20.9 Å². The summed E-state index contributed by atoms with van der Waals surface area (Å²) in [6.07, 6.45) is 0.146. The van der Waals surface area contributed by atoms with E-state index in [2.05, 4.69) is 5.32 Å². The molecule has 1 atom stereocenters. The van der Waals surface area contributed by atoms with Crippen LogP contribution in [0.5, 0.6) is 5.75 Å². The van der Waals surface area contributed by atoms with E-state index < -0.39 is 6.10 Å². The summed E-state index contributed by atoms with van der Waals surface area (Å²) in [5.74, 6) is 0.253. The molecule has 1 rings (SSSR count). The summed E-state index contributed by atoms with van der Waals surface area (Å²) < 4.78 is 5.36. The molecule has 0 saturated heterocycles. The first-order valence-electron chi connectivity index (χ1n) is 6.26. The number of rotatable bonds is 8. The van der Waals surface area contributed by atoms with Gasteiger partial charge in [-0.25, -0.2) is 0 Å². The lowest BCUT2D eigenvalue weighted by molar-refractivity contribution is -0.121. The van der Waals surface area contributed by atoms with Crippen molar-refractivity contribution in [2.45, 2.75) is 18.9 Å². The Morgan fingerprint density at radius 1 is 1.45 bits per heavy atom. The molecule has 0 fully saturated rings. The Bertz CT molecular complexity index is 444. The second-order valence-electron chi connectivity index (χ2n) is 4.21. The summed E-state index contributed by atoms with van der Waals surface area (Å²) >= 11 is 11.8. The number of carbonyl (C=O) groups excluding carboxylic acids is 1. The van der Waals surface area contributed by atoms with Crippen LogP contribution in [0.3, 0.4) is 0 Å². The minimum absolute atomic E-state index is 0.0111. The molecule has 0 aliphatic heterocycles. The molecule has 1 unspecified atom stereocenters. The van der Waals surface area contributed by atoms with Crippen molar-refractivity contribution >= 4 is 29.1 Å². The fourth-order valence-corrected chi connectivity index (χ4v) is 1.77. The second-order valence-corrected chi connectivity index (χ2v) is 5.00. The van der Waals surface area contributed by atoms with Gasteiger partial charge >= 0.3 is 0 Å². The third-order valence-electron chi connectivity index (χ3n) is 2.49. The number of nitrogens with two attached hydrogens (primary N) is 1. The second kappa shape index (κ2) is 9.02. The van der Waals surface area contributed by atoms with Crippen LogP contribution in [0.2, 0.25) is 10.0 Å². The zero-order valence-corrected chi connectivity index (χ0v) is 12.5. The van der Waals surface area contributed by atoms with Gasteiger partial charge in [0, 0.05) is 13.0 Å². The molecule has 1 aromatic carbocycles. The van der Waals surface area contributed by atoms with E-state index in [1.165, 1.54) is 0 Å². The number of ether oxygens (including phenoxy) is 1. The Morgan fingerprint density at radius 2 is 2.20 bits per heavy atom. The molecule has 0 heterocycles. The average molecular weight is 321 g/mol. The van der Waals surface area contributed by atoms with E-state index in [9.17, 15) is 9.90 Å². The van der Waals surface area contributed by atoms with Crippen molar-refractivity contribution < 1.29 is 14.6 Å². The van der Waals surface area contributed by atoms with Crippen LogP contribution in [0.1, 0.15) is 12.8 Å². The number of halogens is 2. The molecule has 1 amide bonds. The SMILES string of the molecule is NCCCC(=O)NCC(O)COc1cccc(Cl)c1Cl. The van der Waals surface area contributed by atoms with Gasteiger partial charge in [-0.3, -0.25) is 4.79 Å². The number of benzene rings is 1. The highest BCUT2D eigenvalue weighted by atomic mass is 35.5. The highest BCUT2D eigenvalue weighted by Gasteiger charge is 2.10. The van der Waals surface area contributed by atoms with Gasteiger partial charge in [-0.1, -0.05) is 29.3 Å². The minimum atomic E-state index is -0.827. The molecule has 5 nitrogen and oxygen atoms in total. The van der Waals surface area contributed by atoms with Gasteiger partial charge in [0.2, 0.25) is 5.91 Å².